The fraction of sp³-hybridized carbons (Fsp3) is 0.357. The van der Waals surface area contributed by atoms with Crippen LogP contribution >= 0.6 is 27.3 Å². The Labute approximate surface area is 125 Å². The number of thiazole rings is 1. The lowest BCUT2D eigenvalue weighted by molar-refractivity contribution is 0.588. The van der Waals surface area contributed by atoms with E-state index in [9.17, 15) is 4.39 Å². The average Bonchev–Trinajstić information content (AvgIpc) is 2.64. The maximum Gasteiger partial charge on any atom is 0.124 e. The number of hydrogen-bond acceptors (Lipinski definition) is 3. The number of likely N-dealkylation sites (N-methyl/N-ethyl adjacent to an activating group) is 1. The van der Waals surface area contributed by atoms with Gasteiger partial charge in [0, 0.05) is 15.4 Å². The highest BCUT2D eigenvalue weighted by Gasteiger charge is 2.16. The molecule has 2 nitrogen and oxygen atoms in total. The molecular formula is C14H16BrFN2S. The highest BCUT2D eigenvalue weighted by molar-refractivity contribution is 9.10. The van der Waals surface area contributed by atoms with Crippen LogP contribution in [0.1, 0.15) is 27.2 Å². The largest absolute Gasteiger partial charge is 0.312 e. The van der Waals surface area contributed by atoms with Gasteiger partial charge in [-0.25, -0.2) is 9.37 Å². The molecule has 102 valence electrons. The van der Waals surface area contributed by atoms with Crippen molar-refractivity contribution in [1.82, 2.24) is 10.3 Å². The fourth-order valence-corrected chi connectivity index (χ4v) is 3.71. The molecule has 2 rings (SSSR count). The molecule has 1 N–H and O–H groups in total. The number of nitrogens with zero attached hydrogens (tertiary/aromatic N) is 1. The number of hydrogen-bond donors (Lipinski definition) is 1. The maximum atomic E-state index is 13.4. The van der Waals surface area contributed by atoms with Crippen LogP contribution in [0.15, 0.2) is 22.7 Å². The quantitative estimate of drug-likeness (QED) is 0.902. The summed E-state index contributed by atoms with van der Waals surface area (Å²) in [6.07, 6.45) is 0.745. The number of aromatic nitrogens is 1. The number of aryl methyl sites for hydroxylation is 2. The summed E-state index contributed by atoms with van der Waals surface area (Å²) in [5.41, 5.74) is 2.02. The van der Waals surface area contributed by atoms with Gasteiger partial charge in [0.2, 0.25) is 0 Å². The smallest absolute Gasteiger partial charge is 0.124 e. The van der Waals surface area contributed by atoms with Crippen molar-refractivity contribution in [1.29, 1.82) is 0 Å². The molecule has 0 aliphatic carbocycles. The Morgan fingerprint density at radius 3 is 2.63 bits per heavy atom. The molecule has 1 aromatic heterocycles. The van der Waals surface area contributed by atoms with Gasteiger partial charge in [0.25, 0.3) is 0 Å². The molecule has 0 amide bonds. The highest BCUT2D eigenvalue weighted by Crippen LogP contribution is 2.28. The summed E-state index contributed by atoms with van der Waals surface area (Å²) >= 11 is 5.03. The van der Waals surface area contributed by atoms with E-state index in [1.54, 1.807) is 17.4 Å². The van der Waals surface area contributed by atoms with E-state index in [-0.39, 0.29) is 11.9 Å². The summed E-state index contributed by atoms with van der Waals surface area (Å²) in [4.78, 5) is 5.67. The lowest BCUT2D eigenvalue weighted by Crippen LogP contribution is -2.18. The first-order chi connectivity index (χ1) is 8.99. The Balaban J connectivity index is 2.26. The fourth-order valence-electron chi connectivity index (χ4n) is 2.16. The van der Waals surface area contributed by atoms with E-state index in [1.165, 1.54) is 10.9 Å². The summed E-state index contributed by atoms with van der Waals surface area (Å²) < 4.78 is 14.2. The van der Waals surface area contributed by atoms with Gasteiger partial charge >= 0.3 is 0 Å². The van der Waals surface area contributed by atoms with Crippen molar-refractivity contribution in [3.8, 4) is 0 Å². The molecule has 0 saturated heterocycles. The van der Waals surface area contributed by atoms with Crippen molar-refractivity contribution in [2.24, 2.45) is 0 Å². The normalized spacial score (nSPS) is 12.7. The minimum absolute atomic E-state index is 0.167. The van der Waals surface area contributed by atoms with Gasteiger partial charge in [-0.2, -0.15) is 0 Å². The lowest BCUT2D eigenvalue weighted by Gasteiger charge is -2.15. The van der Waals surface area contributed by atoms with E-state index >= 15 is 0 Å². The molecule has 0 saturated carbocycles. The minimum Gasteiger partial charge on any atom is -0.312 e. The first-order valence-electron chi connectivity index (χ1n) is 6.05. The highest BCUT2D eigenvalue weighted by atomic mass is 79.9. The topological polar surface area (TPSA) is 24.9 Å². The van der Waals surface area contributed by atoms with Gasteiger partial charge in [-0.3, -0.25) is 0 Å². The van der Waals surface area contributed by atoms with Crippen LogP contribution in [0.25, 0.3) is 0 Å². The van der Waals surface area contributed by atoms with Crippen molar-refractivity contribution >= 4 is 27.3 Å². The summed E-state index contributed by atoms with van der Waals surface area (Å²) in [5.74, 6) is -0.212. The van der Waals surface area contributed by atoms with Crippen molar-refractivity contribution < 1.29 is 4.39 Å². The summed E-state index contributed by atoms with van der Waals surface area (Å²) in [6, 6.07) is 5.18. The van der Waals surface area contributed by atoms with Crippen LogP contribution in [-0.4, -0.2) is 12.0 Å². The SMILES string of the molecule is CNC(Cc1cc(F)cc(Br)c1)c1sc(C)nc1C. The zero-order chi connectivity index (χ0) is 14.0. The first-order valence-corrected chi connectivity index (χ1v) is 7.66. The van der Waals surface area contributed by atoms with Gasteiger partial charge in [0.1, 0.15) is 5.82 Å². The van der Waals surface area contributed by atoms with Gasteiger partial charge in [-0.15, -0.1) is 11.3 Å². The van der Waals surface area contributed by atoms with E-state index in [1.807, 2.05) is 27.0 Å². The molecule has 0 radical (unpaired) electrons. The summed E-state index contributed by atoms with van der Waals surface area (Å²) in [7, 11) is 1.92. The van der Waals surface area contributed by atoms with E-state index in [0.717, 1.165) is 27.2 Å². The van der Waals surface area contributed by atoms with Crippen molar-refractivity contribution in [3.63, 3.8) is 0 Å². The molecule has 1 unspecified atom stereocenters. The molecule has 0 fully saturated rings. The molecule has 0 bridgehead atoms. The lowest BCUT2D eigenvalue weighted by atomic mass is 10.0. The minimum atomic E-state index is -0.212. The van der Waals surface area contributed by atoms with E-state index in [0.29, 0.717) is 0 Å². The van der Waals surface area contributed by atoms with E-state index < -0.39 is 0 Å². The predicted octanol–water partition coefficient (Wildman–Crippen LogP) is 4.16. The average molecular weight is 343 g/mol. The van der Waals surface area contributed by atoms with E-state index in [2.05, 4.69) is 26.2 Å². The molecule has 1 heterocycles. The van der Waals surface area contributed by atoms with Crippen LogP contribution in [0.2, 0.25) is 0 Å². The van der Waals surface area contributed by atoms with E-state index in [4.69, 9.17) is 0 Å². The van der Waals surface area contributed by atoms with Crippen molar-refractivity contribution in [2.75, 3.05) is 7.05 Å². The standard InChI is InChI=1S/C14H16BrFN2S/c1-8-14(19-9(2)18-8)13(17-3)6-10-4-11(15)7-12(16)5-10/h4-5,7,13,17H,6H2,1-3H3. The van der Waals surface area contributed by atoms with Gasteiger partial charge in [0.15, 0.2) is 0 Å². The monoisotopic (exact) mass is 342 g/mol. The third-order valence-electron chi connectivity index (χ3n) is 2.97. The zero-order valence-corrected chi connectivity index (χ0v) is 13.5. The number of rotatable bonds is 4. The molecule has 1 atom stereocenters. The Hall–Kier alpha value is -0.780. The zero-order valence-electron chi connectivity index (χ0n) is 11.1. The number of halogens is 2. The van der Waals surface area contributed by atoms with Crippen LogP contribution in [0.3, 0.4) is 0 Å². The predicted molar refractivity (Wildman–Crippen MR) is 81.2 cm³/mol. The second-order valence-electron chi connectivity index (χ2n) is 4.51. The Bertz CT molecular complexity index is 563. The molecule has 5 heteroatoms. The second-order valence-corrected chi connectivity index (χ2v) is 6.66. The molecule has 19 heavy (non-hydrogen) atoms. The molecule has 0 aliphatic heterocycles. The molecule has 2 aromatic rings. The summed E-state index contributed by atoms with van der Waals surface area (Å²) in [5, 5.41) is 4.36. The third-order valence-corrected chi connectivity index (χ3v) is 4.61. The Morgan fingerprint density at radius 2 is 2.11 bits per heavy atom. The van der Waals surface area contributed by atoms with Crippen LogP contribution in [-0.2, 0) is 6.42 Å². The molecule has 1 aromatic carbocycles. The molecular weight excluding hydrogens is 327 g/mol. The maximum absolute atomic E-state index is 13.4. The van der Waals surface area contributed by atoms with Gasteiger partial charge < -0.3 is 5.32 Å². The molecule has 0 aliphatic rings. The summed E-state index contributed by atoms with van der Waals surface area (Å²) in [6.45, 7) is 4.03. The van der Waals surface area contributed by atoms with Crippen molar-refractivity contribution in [3.05, 3.63) is 49.6 Å². The van der Waals surface area contributed by atoms with Gasteiger partial charge in [-0.1, -0.05) is 15.9 Å². The number of benzene rings is 1. The van der Waals surface area contributed by atoms with Crippen LogP contribution in [0, 0.1) is 19.7 Å². The van der Waals surface area contributed by atoms with Gasteiger partial charge in [0.05, 0.1) is 10.7 Å². The van der Waals surface area contributed by atoms with Gasteiger partial charge in [-0.05, 0) is 51.1 Å². The Kier molecular flexibility index (Phi) is 4.71. The van der Waals surface area contributed by atoms with Crippen LogP contribution in [0.4, 0.5) is 4.39 Å². The number of nitrogens with one attached hydrogen (secondary N) is 1. The van der Waals surface area contributed by atoms with Crippen molar-refractivity contribution in [2.45, 2.75) is 26.3 Å². The van der Waals surface area contributed by atoms with Crippen LogP contribution < -0.4 is 5.32 Å². The third kappa shape index (κ3) is 3.61. The Morgan fingerprint density at radius 1 is 1.37 bits per heavy atom. The van der Waals surface area contributed by atoms with Crippen LogP contribution in [0.5, 0.6) is 0 Å². The molecule has 0 spiro atoms. The first kappa shape index (κ1) is 14.6. The second kappa shape index (κ2) is 6.11.